The molecule has 12 aromatic rings. The number of rotatable bonds is 29. The van der Waals surface area contributed by atoms with E-state index >= 15 is 0 Å². The number of aromatic amines is 4. The monoisotopic (exact) mass is 1580 g/mol. The van der Waals surface area contributed by atoms with Crippen LogP contribution in [0.2, 0.25) is 0 Å². The first-order chi connectivity index (χ1) is 55.9. The third kappa shape index (κ3) is 23.0. The first kappa shape index (κ1) is 85.3. The fourth-order valence-corrected chi connectivity index (χ4v) is 11.5. The number of carbonyl (C=O) groups is 8. The van der Waals surface area contributed by atoms with Crippen molar-refractivity contribution in [3.63, 3.8) is 0 Å². The average Bonchev–Trinajstić information content (AvgIpc) is 1.63. The molecular formula is C84H84F4N16O12. The second kappa shape index (κ2) is 41.5. The van der Waals surface area contributed by atoms with Gasteiger partial charge >= 0.3 is 0 Å². The maximum atomic E-state index is 13.1. The third-order valence-corrected chi connectivity index (χ3v) is 17.4. The number of fused-ring (bicyclic) bond motifs is 4. The zero-order valence-corrected chi connectivity index (χ0v) is 64.1. The molecule has 0 fully saturated rings. The minimum absolute atomic E-state index is 0.0493. The van der Waals surface area contributed by atoms with E-state index in [2.05, 4.69) is 67.4 Å². The lowest BCUT2D eigenvalue weighted by molar-refractivity contribution is -0.128. The van der Waals surface area contributed by atoms with E-state index in [4.69, 9.17) is 30.4 Å². The molecule has 13 N–H and O–H groups in total. The Bertz CT molecular complexity index is 5620. The van der Waals surface area contributed by atoms with Gasteiger partial charge in [-0.3, -0.25) is 58.8 Å². The minimum Gasteiger partial charge on any atom is -0.495 e. The minimum atomic E-state index is -0.495. The van der Waals surface area contributed by atoms with Crippen LogP contribution in [0.15, 0.2) is 146 Å². The summed E-state index contributed by atoms with van der Waals surface area (Å²) < 4.78 is 74.3. The standard InChI is InChI=1S/C22H23FN4O3.2C21H21FN4O3.C20H19FN4O3/c1-27(2)19(28)12-13-24-22(29)16-9-11-18-20(21(16)30-3)17(25-26-18)10-6-14-4-7-15(23)8-5-14;1-23-18(27)11-12-24-21(28)15-8-10-17-19(20(15)29-2)16(25-26-17)9-5-13-3-6-14(22)7-4-13;1-29-20-15(21(28)24-12-2-3-18(23)27)9-11-17-19(20)16(25-26-17)10-6-13-4-7-14(22)8-5-13;1-28-19-14(20(27)23-11-10-17(22)26)7-9-16-18(19)15(24-25-16)8-4-12-2-5-13(21)6-3-12/h4-11H,12-13H2,1-3H3,(H,24,29)(H,25,26);3-10H,11-12H2,1-2H3,(H,23,27)(H,24,28)(H,25,26);4-11H,2-3,12H2,1H3,(H2,23,27)(H,24,28)(H,25,26);2-9H,10-11H2,1H3,(H2,22,26)(H,23,27)(H,24,25)/b10-6+;9-5+;10-6+;8-4+. The van der Waals surface area contributed by atoms with Gasteiger partial charge in [-0.2, -0.15) is 20.4 Å². The van der Waals surface area contributed by atoms with E-state index in [0.29, 0.717) is 125 Å². The number of amides is 8. The predicted molar refractivity (Wildman–Crippen MR) is 435 cm³/mol. The number of hydrogen-bond donors (Lipinski definition) is 11. The Morgan fingerprint density at radius 2 is 0.621 bits per heavy atom. The highest BCUT2D eigenvalue weighted by Crippen LogP contribution is 2.37. The summed E-state index contributed by atoms with van der Waals surface area (Å²) in [4.78, 5) is 96.4. The van der Waals surface area contributed by atoms with Crippen molar-refractivity contribution in [2.75, 3.05) is 75.8 Å². The topological polar surface area (TPSA) is 404 Å². The number of halogens is 4. The third-order valence-electron chi connectivity index (χ3n) is 17.4. The van der Waals surface area contributed by atoms with Gasteiger partial charge in [-0.25, -0.2) is 17.6 Å². The van der Waals surface area contributed by atoms with Crippen molar-refractivity contribution in [1.29, 1.82) is 0 Å². The highest BCUT2D eigenvalue weighted by molar-refractivity contribution is 6.09. The molecule has 0 bridgehead atoms. The summed E-state index contributed by atoms with van der Waals surface area (Å²) in [6, 6.07) is 37.7. The first-order valence-corrected chi connectivity index (χ1v) is 36.0. The summed E-state index contributed by atoms with van der Waals surface area (Å²) in [5, 5.41) is 44.7. The van der Waals surface area contributed by atoms with E-state index in [-0.39, 0.29) is 104 Å². The first-order valence-electron chi connectivity index (χ1n) is 36.0. The van der Waals surface area contributed by atoms with Gasteiger partial charge in [-0.05, 0) is 150 Å². The average molecular weight is 1590 g/mol. The van der Waals surface area contributed by atoms with Gasteiger partial charge in [0, 0.05) is 73.0 Å². The largest absolute Gasteiger partial charge is 0.495 e. The molecule has 28 nitrogen and oxygen atoms in total. The molecule has 8 aromatic carbocycles. The van der Waals surface area contributed by atoms with Gasteiger partial charge in [0.1, 0.15) is 46.3 Å². The van der Waals surface area contributed by atoms with Crippen molar-refractivity contribution in [3.8, 4) is 23.0 Å². The molecule has 4 aromatic heterocycles. The van der Waals surface area contributed by atoms with E-state index in [1.54, 1.807) is 149 Å². The number of primary amides is 2. The Morgan fingerprint density at radius 3 is 0.871 bits per heavy atom. The highest BCUT2D eigenvalue weighted by atomic mass is 19.1. The lowest BCUT2D eigenvalue weighted by Gasteiger charge is -2.12. The van der Waals surface area contributed by atoms with Crippen LogP contribution in [0.1, 0.15) is 119 Å². The zero-order chi connectivity index (χ0) is 83.4. The number of carbonyl (C=O) groups excluding carboxylic acids is 8. The molecule has 32 heteroatoms. The number of methoxy groups -OCH3 is 4. The Kier molecular flexibility index (Phi) is 30.5. The molecule has 0 saturated carbocycles. The summed E-state index contributed by atoms with van der Waals surface area (Å²) in [5.41, 5.74) is 20.0. The maximum absolute atomic E-state index is 13.1. The maximum Gasteiger partial charge on any atom is 0.255 e. The number of nitrogens with two attached hydrogens (primary N) is 2. The van der Waals surface area contributed by atoms with Gasteiger partial charge in [0.2, 0.25) is 23.6 Å². The molecule has 12 rings (SSSR count). The van der Waals surface area contributed by atoms with E-state index in [1.165, 1.54) is 81.9 Å². The number of H-pyrrole nitrogens is 4. The molecule has 0 aliphatic heterocycles. The van der Waals surface area contributed by atoms with Crippen LogP contribution in [0.3, 0.4) is 0 Å². The molecule has 0 unspecified atom stereocenters. The van der Waals surface area contributed by atoms with Crippen molar-refractivity contribution in [2.24, 2.45) is 11.5 Å². The molecule has 116 heavy (non-hydrogen) atoms. The number of benzene rings is 8. The van der Waals surface area contributed by atoms with E-state index < -0.39 is 11.8 Å². The second-order valence-electron chi connectivity index (χ2n) is 25.5. The Morgan fingerprint density at radius 1 is 0.362 bits per heavy atom. The van der Waals surface area contributed by atoms with E-state index in [9.17, 15) is 55.9 Å². The van der Waals surface area contributed by atoms with Gasteiger partial charge in [-0.1, -0.05) is 72.8 Å². The molecule has 0 saturated heterocycles. The number of hydrogen-bond acceptors (Lipinski definition) is 16. The molecule has 0 spiro atoms. The predicted octanol–water partition coefficient (Wildman–Crippen LogP) is 11.2. The summed E-state index contributed by atoms with van der Waals surface area (Å²) in [6.07, 6.45) is 15.5. The Hall–Kier alpha value is -14.7. The van der Waals surface area contributed by atoms with Crippen molar-refractivity contribution in [2.45, 2.75) is 32.1 Å². The van der Waals surface area contributed by atoms with Gasteiger partial charge in [0.25, 0.3) is 23.6 Å². The molecule has 0 aliphatic rings. The number of aromatic nitrogens is 8. The number of nitrogens with one attached hydrogen (secondary N) is 9. The molecule has 0 radical (unpaired) electrons. The lowest BCUT2D eigenvalue weighted by atomic mass is 10.1. The SMILES string of the molecule is CNC(=O)CCNC(=O)c1ccc2n[nH]c(/C=C/c3ccc(F)cc3)c2c1OC.COc1c(C(=O)NCCC(=O)N(C)C)ccc2n[nH]c(/C=C/c3ccc(F)cc3)c12.COc1c(C(=O)NCCC(N)=O)ccc2n[nH]c(/C=C/c3ccc(F)cc3)c12.COc1c(C(=O)NCCCC(N)=O)ccc2n[nH]c(/C=C/c3ccc(F)cc3)c12. The summed E-state index contributed by atoms with van der Waals surface area (Å²) in [7, 11) is 10.8. The van der Waals surface area contributed by atoms with Crippen LogP contribution in [0.5, 0.6) is 23.0 Å². The van der Waals surface area contributed by atoms with Crippen LogP contribution in [0.25, 0.3) is 92.2 Å². The van der Waals surface area contributed by atoms with E-state index in [1.807, 2.05) is 18.2 Å². The summed E-state index contributed by atoms with van der Waals surface area (Å²) in [6.45, 7) is 0.895. The molecule has 600 valence electrons. The van der Waals surface area contributed by atoms with Gasteiger partial charge in [0.05, 0.1) is 117 Å². The summed E-state index contributed by atoms with van der Waals surface area (Å²) >= 11 is 0. The normalized spacial score (nSPS) is 11.1. The van der Waals surface area contributed by atoms with Gasteiger partial charge in [-0.15, -0.1) is 0 Å². The molecule has 4 heterocycles. The number of ether oxygens (including phenoxy) is 4. The van der Waals surface area contributed by atoms with Gasteiger partial charge < -0.3 is 61.9 Å². The van der Waals surface area contributed by atoms with Crippen molar-refractivity contribution < 1.29 is 74.9 Å². The van der Waals surface area contributed by atoms with Crippen LogP contribution >= 0.6 is 0 Å². The molecule has 8 amide bonds. The number of nitrogens with zero attached hydrogens (tertiary/aromatic N) is 5. The van der Waals surface area contributed by atoms with Crippen LogP contribution in [0, 0.1) is 23.3 Å². The Balaban J connectivity index is 0.000000177. The molecular weight excluding hydrogens is 1500 g/mol. The lowest BCUT2D eigenvalue weighted by Crippen LogP contribution is -2.30. The van der Waals surface area contributed by atoms with Crippen molar-refractivity contribution in [1.82, 2.24) is 72.3 Å². The van der Waals surface area contributed by atoms with Crippen molar-refractivity contribution >= 4 is 139 Å². The fraction of sp³-hybridized carbons (Fsp3) is 0.190. The summed E-state index contributed by atoms with van der Waals surface area (Å²) in [5.74, 6) is -2.20. The van der Waals surface area contributed by atoms with Crippen LogP contribution < -0.4 is 57.0 Å². The van der Waals surface area contributed by atoms with Crippen LogP contribution in [-0.2, 0) is 19.2 Å². The van der Waals surface area contributed by atoms with Crippen LogP contribution in [0.4, 0.5) is 17.6 Å². The molecule has 0 aliphatic carbocycles. The van der Waals surface area contributed by atoms with Gasteiger partial charge in [0.15, 0.2) is 0 Å². The fourth-order valence-electron chi connectivity index (χ4n) is 11.5. The van der Waals surface area contributed by atoms with Crippen molar-refractivity contribution in [3.05, 3.63) is 236 Å². The van der Waals surface area contributed by atoms with Crippen LogP contribution in [-0.4, -0.2) is 169 Å². The molecule has 0 atom stereocenters. The highest BCUT2D eigenvalue weighted by Gasteiger charge is 2.24. The Labute approximate surface area is 662 Å². The zero-order valence-electron chi connectivity index (χ0n) is 64.1. The quantitative estimate of drug-likeness (QED) is 0.0153. The van der Waals surface area contributed by atoms with E-state index in [0.717, 1.165) is 22.3 Å². The smallest absolute Gasteiger partial charge is 0.255 e. The second-order valence-corrected chi connectivity index (χ2v) is 25.5.